The summed E-state index contributed by atoms with van der Waals surface area (Å²) in [6.45, 7) is 5.00. The van der Waals surface area contributed by atoms with Gasteiger partial charge in [-0.3, -0.25) is 4.79 Å². The Labute approximate surface area is 100 Å². The monoisotopic (exact) mass is 238 g/mol. The SMILES string of the molecule is CC(C)N(CC1CC1)C(=O)c1sccc1N. The number of rotatable bonds is 4. The fraction of sp³-hybridized carbons (Fsp3) is 0.583. The normalized spacial score (nSPS) is 15.4. The van der Waals surface area contributed by atoms with Gasteiger partial charge in [-0.25, -0.2) is 0 Å². The summed E-state index contributed by atoms with van der Waals surface area (Å²) in [5.74, 6) is 0.807. The van der Waals surface area contributed by atoms with Gasteiger partial charge < -0.3 is 10.6 Å². The molecule has 2 N–H and O–H groups in total. The Bertz CT molecular complexity index is 382. The molecule has 0 saturated heterocycles. The minimum Gasteiger partial charge on any atom is -0.397 e. The molecular formula is C12H18N2OS. The highest BCUT2D eigenvalue weighted by molar-refractivity contribution is 7.12. The first-order valence-electron chi connectivity index (χ1n) is 5.73. The fourth-order valence-corrected chi connectivity index (χ4v) is 2.50. The predicted octanol–water partition coefficient (Wildman–Crippen LogP) is 2.59. The number of nitrogens with two attached hydrogens (primary N) is 1. The Hall–Kier alpha value is -1.03. The predicted molar refractivity (Wildman–Crippen MR) is 67.6 cm³/mol. The third kappa shape index (κ3) is 2.38. The van der Waals surface area contributed by atoms with Crippen LogP contribution < -0.4 is 5.73 Å². The van der Waals surface area contributed by atoms with Crippen LogP contribution in [-0.4, -0.2) is 23.4 Å². The van der Waals surface area contributed by atoms with E-state index in [4.69, 9.17) is 5.73 Å². The first-order chi connectivity index (χ1) is 7.59. The second kappa shape index (κ2) is 4.45. The molecule has 0 aliphatic heterocycles. The minimum absolute atomic E-state index is 0.0920. The summed E-state index contributed by atoms with van der Waals surface area (Å²) in [5, 5.41) is 1.87. The average molecular weight is 238 g/mol. The molecule has 16 heavy (non-hydrogen) atoms. The maximum atomic E-state index is 12.3. The summed E-state index contributed by atoms with van der Waals surface area (Å²) in [7, 11) is 0. The highest BCUT2D eigenvalue weighted by Crippen LogP contribution is 2.31. The summed E-state index contributed by atoms with van der Waals surface area (Å²) in [6, 6.07) is 2.04. The number of thiophene rings is 1. The van der Waals surface area contributed by atoms with Crippen LogP contribution in [0.4, 0.5) is 5.69 Å². The lowest BCUT2D eigenvalue weighted by atomic mass is 10.2. The number of amides is 1. The molecule has 1 heterocycles. The van der Waals surface area contributed by atoms with Crippen LogP contribution in [0.5, 0.6) is 0 Å². The summed E-state index contributed by atoms with van der Waals surface area (Å²) in [6.07, 6.45) is 2.52. The van der Waals surface area contributed by atoms with Crippen molar-refractivity contribution in [3.63, 3.8) is 0 Å². The van der Waals surface area contributed by atoms with Gasteiger partial charge in [-0.05, 0) is 44.1 Å². The second-order valence-electron chi connectivity index (χ2n) is 4.70. The summed E-state index contributed by atoms with van der Waals surface area (Å²) in [4.78, 5) is 14.9. The molecule has 0 aromatic carbocycles. The van der Waals surface area contributed by atoms with Crippen LogP contribution in [0.15, 0.2) is 11.4 Å². The molecule has 3 nitrogen and oxygen atoms in total. The Morgan fingerprint density at radius 1 is 1.62 bits per heavy atom. The Morgan fingerprint density at radius 2 is 2.31 bits per heavy atom. The lowest BCUT2D eigenvalue weighted by molar-refractivity contribution is 0.0702. The third-order valence-electron chi connectivity index (χ3n) is 2.93. The molecule has 0 atom stereocenters. The van der Waals surface area contributed by atoms with E-state index in [2.05, 4.69) is 13.8 Å². The van der Waals surface area contributed by atoms with Crippen molar-refractivity contribution in [2.24, 2.45) is 5.92 Å². The summed E-state index contributed by atoms with van der Waals surface area (Å²) < 4.78 is 0. The molecule has 88 valence electrons. The largest absolute Gasteiger partial charge is 0.397 e. The Morgan fingerprint density at radius 3 is 2.75 bits per heavy atom. The minimum atomic E-state index is 0.0920. The van der Waals surface area contributed by atoms with Crippen molar-refractivity contribution in [1.29, 1.82) is 0 Å². The van der Waals surface area contributed by atoms with Gasteiger partial charge in [-0.15, -0.1) is 11.3 Å². The molecule has 0 spiro atoms. The summed E-state index contributed by atoms with van der Waals surface area (Å²) in [5.41, 5.74) is 6.40. The van der Waals surface area contributed by atoms with Crippen molar-refractivity contribution in [3.05, 3.63) is 16.3 Å². The van der Waals surface area contributed by atoms with E-state index < -0.39 is 0 Å². The van der Waals surface area contributed by atoms with Gasteiger partial charge in [0, 0.05) is 12.6 Å². The van der Waals surface area contributed by atoms with Crippen LogP contribution in [0.25, 0.3) is 0 Å². The average Bonchev–Trinajstić information content (AvgIpc) is 2.95. The number of carbonyl (C=O) groups is 1. The van der Waals surface area contributed by atoms with Gasteiger partial charge >= 0.3 is 0 Å². The molecule has 0 bridgehead atoms. The van der Waals surface area contributed by atoms with Gasteiger partial charge in [0.2, 0.25) is 0 Å². The zero-order valence-electron chi connectivity index (χ0n) is 9.77. The van der Waals surface area contributed by atoms with E-state index in [1.807, 2.05) is 10.3 Å². The number of carbonyl (C=O) groups excluding carboxylic acids is 1. The molecule has 1 aromatic rings. The van der Waals surface area contributed by atoms with E-state index in [-0.39, 0.29) is 11.9 Å². The third-order valence-corrected chi connectivity index (χ3v) is 3.84. The van der Waals surface area contributed by atoms with E-state index in [1.165, 1.54) is 24.2 Å². The topological polar surface area (TPSA) is 46.3 Å². The molecule has 4 heteroatoms. The number of anilines is 1. The molecule has 0 unspecified atom stereocenters. The smallest absolute Gasteiger partial charge is 0.266 e. The highest BCUT2D eigenvalue weighted by Gasteiger charge is 2.29. The van der Waals surface area contributed by atoms with Gasteiger partial charge in [0.1, 0.15) is 4.88 Å². The molecule has 2 rings (SSSR count). The molecule has 1 amide bonds. The van der Waals surface area contributed by atoms with Crippen molar-refractivity contribution >= 4 is 22.9 Å². The quantitative estimate of drug-likeness (QED) is 0.876. The van der Waals surface area contributed by atoms with Crippen LogP contribution in [0.2, 0.25) is 0 Å². The lowest BCUT2D eigenvalue weighted by Gasteiger charge is -2.26. The van der Waals surface area contributed by atoms with Crippen molar-refractivity contribution in [2.45, 2.75) is 32.7 Å². The van der Waals surface area contributed by atoms with Gasteiger partial charge in [0.25, 0.3) is 5.91 Å². The molecule has 0 radical (unpaired) electrons. The van der Waals surface area contributed by atoms with Crippen molar-refractivity contribution < 1.29 is 4.79 Å². The van der Waals surface area contributed by atoms with Gasteiger partial charge in [-0.1, -0.05) is 0 Å². The number of nitrogens with zero attached hydrogens (tertiary/aromatic N) is 1. The maximum absolute atomic E-state index is 12.3. The molecule has 1 aliphatic carbocycles. The van der Waals surface area contributed by atoms with Crippen molar-refractivity contribution in [1.82, 2.24) is 4.90 Å². The fourth-order valence-electron chi connectivity index (χ4n) is 1.73. The second-order valence-corrected chi connectivity index (χ2v) is 5.62. The van der Waals surface area contributed by atoms with E-state index in [0.29, 0.717) is 16.5 Å². The van der Waals surface area contributed by atoms with Crippen molar-refractivity contribution in [2.75, 3.05) is 12.3 Å². The molecular weight excluding hydrogens is 220 g/mol. The number of hydrogen-bond donors (Lipinski definition) is 1. The Balaban J connectivity index is 2.13. The summed E-state index contributed by atoms with van der Waals surface area (Å²) >= 11 is 1.43. The van der Waals surface area contributed by atoms with E-state index in [1.54, 1.807) is 6.07 Å². The first-order valence-corrected chi connectivity index (χ1v) is 6.61. The molecule has 1 aliphatic rings. The van der Waals surface area contributed by atoms with E-state index in [0.717, 1.165) is 6.54 Å². The molecule has 1 aromatic heterocycles. The number of hydrogen-bond acceptors (Lipinski definition) is 3. The van der Waals surface area contributed by atoms with Crippen LogP contribution in [-0.2, 0) is 0 Å². The van der Waals surface area contributed by atoms with Gasteiger partial charge in [-0.2, -0.15) is 0 Å². The van der Waals surface area contributed by atoms with E-state index in [9.17, 15) is 4.79 Å². The van der Waals surface area contributed by atoms with Gasteiger partial charge in [0.15, 0.2) is 0 Å². The Kier molecular flexibility index (Phi) is 3.19. The highest BCUT2D eigenvalue weighted by atomic mass is 32.1. The van der Waals surface area contributed by atoms with Gasteiger partial charge in [0.05, 0.1) is 5.69 Å². The zero-order valence-corrected chi connectivity index (χ0v) is 10.6. The van der Waals surface area contributed by atoms with Crippen molar-refractivity contribution in [3.8, 4) is 0 Å². The molecule has 1 fully saturated rings. The van der Waals surface area contributed by atoms with Crippen LogP contribution >= 0.6 is 11.3 Å². The first kappa shape index (κ1) is 11.5. The zero-order chi connectivity index (χ0) is 11.7. The standard InChI is InChI=1S/C12H18N2OS/c1-8(2)14(7-9-3-4-9)12(15)11-10(13)5-6-16-11/h5-6,8-9H,3-4,7,13H2,1-2H3. The van der Waals surface area contributed by atoms with Crippen LogP contribution in [0.1, 0.15) is 36.4 Å². The van der Waals surface area contributed by atoms with Crippen LogP contribution in [0, 0.1) is 5.92 Å². The lowest BCUT2D eigenvalue weighted by Crippen LogP contribution is -2.38. The molecule has 1 saturated carbocycles. The van der Waals surface area contributed by atoms with Crippen LogP contribution in [0.3, 0.4) is 0 Å². The maximum Gasteiger partial charge on any atom is 0.266 e. The van der Waals surface area contributed by atoms with E-state index >= 15 is 0 Å². The number of nitrogen functional groups attached to an aromatic ring is 1.